The maximum atomic E-state index is 12.0. The Bertz CT molecular complexity index is 741. The van der Waals surface area contributed by atoms with Crippen LogP contribution >= 0.6 is 11.8 Å². The minimum atomic E-state index is -0.00716. The van der Waals surface area contributed by atoms with Crippen molar-refractivity contribution < 1.29 is 14.3 Å². The first-order valence-corrected chi connectivity index (χ1v) is 9.23. The number of benzene rings is 2. The van der Waals surface area contributed by atoms with Gasteiger partial charge in [0.25, 0.3) is 0 Å². The number of carbonyl (C=O) groups is 2. The predicted octanol–water partition coefficient (Wildman–Crippen LogP) is 3.76. The van der Waals surface area contributed by atoms with Gasteiger partial charge in [-0.05, 0) is 37.6 Å². The maximum absolute atomic E-state index is 12.0. The zero-order chi connectivity index (χ0) is 18.2. The molecule has 0 saturated heterocycles. The third-order valence-electron chi connectivity index (χ3n) is 3.79. The molecule has 0 spiro atoms. The highest BCUT2D eigenvalue weighted by atomic mass is 32.2. The van der Waals surface area contributed by atoms with Crippen LogP contribution in [0.15, 0.2) is 42.5 Å². The van der Waals surface area contributed by atoms with Crippen LogP contribution < -0.4 is 10.1 Å². The lowest BCUT2D eigenvalue weighted by atomic mass is 10.1. The van der Waals surface area contributed by atoms with Gasteiger partial charge in [0.2, 0.25) is 5.91 Å². The fraction of sp³-hybridized carbons (Fsp3) is 0.300. The van der Waals surface area contributed by atoms with Crippen LogP contribution in [0.1, 0.15) is 34.0 Å². The number of amides is 1. The van der Waals surface area contributed by atoms with Crippen LogP contribution in [-0.4, -0.2) is 24.6 Å². The van der Waals surface area contributed by atoms with Gasteiger partial charge in [0.1, 0.15) is 5.75 Å². The molecule has 0 fully saturated rings. The van der Waals surface area contributed by atoms with Crippen LogP contribution in [0.5, 0.6) is 5.75 Å². The summed E-state index contributed by atoms with van der Waals surface area (Å²) in [6.07, 6.45) is 0. The van der Waals surface area contributed by atoms with Gasteiger partial charge in [-0.3, -0.25) is 9.59 Å². The standard InChI is InChI=1S/C20H23NO3S/c1-14-4-6-16(7-5-14)11-21-20(23)13-25-12-18-10-17(15(2)22)8-9-19(18)24-3/h4-10H,11-13H2,1-3H3,(H,21,23). The van der Waals surface area contributed by atoms with E-state index in [1.807, 2.05) is 37.3 Å². The Morgan fingerprint density at radius 2 is 1.84 bits per heavy atom. The van der Waals surface area contributed by atoms with Gasteiger partial charge < -0.3 is 10.1 Å². The average Bonchev–Trinajstić information content (AvgIpc) is 2.61. The monoisotopic (exact) mass is 357 g/mol. The molecule has 132 valence electrons. The fourth-order valence-electron chi connectivity index (χ4n) is 2.32. The molecule has 4 nitrogen and oxygen atoms in total. The van der Waals surface area contributed by atoms with E-state index in [9.17, 15) is 9.59 Å². The highest BCUT2D eigenvalue weighted by molar-refractivity contribution is 7.99. The van der Waals surface area contributed by atoms with Crippen molar-refractivity contribution in [2.45, 2.75) is 26.1 Å². The molecule has 0 saturated carbocycles. The van der Waals surface area contributed by atoms with Crippen LogP contribution in [0.4, 0.5) is 0 Å². The Balaban J connectivity index is 1.83. The molecule has 1 amide bonds. The molecule has 0 aliphatic heterocycles. The third-order valence-corrected chi connectivity index (χ3v) is 4.77. The van der Waals surface area contributed by atoms with Gasteiger partial charge in [-0.25, -0.2) is 0 Å². The second-order valence-electron chi connectivity index (χ2n) is 5.84. The number of nitrogens with one attached hydrogen (secondary N) is 1. The normalized spacial score (nSPS) is 10.4. The Kier molecular flexibility index (Phi) is 7.07. The largest absolute Gasteiger partial charge is 0.496 e. The SMILES string of the molecule is COc1ccc(C(C)=O)cc1CSCC(=O)NCc1ccc(C)cc1. The lowest BCUT2D eigenvalue weighted by Crippen LogP contribution is -2.24. The number of methoxy groups -OCH3 is 1. The van der Waals surface area contributed by atoms with E-state index in [1.165, 1.54) is 24.2 Å². The van der Waals surface area contributed by atoms with Gasteiger partial charge in [0, 0.05) is 23.4 Å². The van der Waals surface area contributed by atoms with E-state index in [0.29, 0.717) is 23.6 Å². The highest BCUT2D eigenvalue weighted by Gasteiger charge is 2.09. The van der Waals surface area contributed by atoms with E-state index in [-0.39, 0.29) is 11.7 Å². The quantitative estimate of drug-likeness (QED) is 0.731. The lowest BCUT2D eigenvalue weighted by Gasteiger charge is -2.10. The number of carbonyl (C=O) groups excluding carboxylic acids is 2. The average molecular weight is 357 g/mol. The molecule has 0 aliphatic carbocycles. The number of rotatable bonds is 8. The van der Waals surface area contributed by atoms with Crippen molar-refractivity contribution >= 4 is 23.5 Å². The first kappa shape index (κ1) is 19.1. The van der Waals surface area contributed by atoms with Crippen LogP contribution in [-0.2, 0) is 17.1 Å². The van der Waals surface area contributed by atoms with E-state index in [4.69, 9.17) is 4.74 Å². The summed E-state index contributed by atoms with van der Waals surface area (Å²) in [5.74, 6) is 1.72. The summed E-state index contributed by atoms with van der Waals surface area (Å²) in [5.41, 5.74) is 3.86. The minimum absolute atomic E-state index is 0.00716. The molecule has 2 aromatic carbocycles. The molecular weight excluding hydrogens is 334 g/mol. The molecular formula is C20H23NO3S. The van der Waals surface area contributed by atoms with Gasteiger partial charge in [-0.1, -0.05) is 29.8 Å². The molecule has 0 unspecified atom stereocenters. The summed E-state index contributed by atoms with van der Waals surface area (Å²) in [4.78, 5) is 23.5. The first-order chi connectivity index (χ1) is 12.0. The minimum Gasteiger partial charge on any atom is -0.496 e. The molecule has 0 atom stereocenters. The molecule has 0 radical (unpaired) electrons. The van der Waals surface area contributed by atoms with Crippen molar-refractivity contribution in [1.82, 2.24) is 5.32 Å². The van der Waals surface area contributed by atoms with Gasteiger partial charge in [0.05, 0.1) is 12.9 Å². The molecule has 0 aromatic heterocycles. The Hall–Kier alpha value is -2.27. The van der Waals surface area contributed by atoms with Gasteiger partial charge in [-0.15, -0.1) is 11.8 Å². The van der Waals surface area contributed by atoms with Crippen molar-refractivity contribution in [3.63, 3.8) is 0 Å². The van der Waals surface area contributed by atoms with Gasteiger partial charge in [-0.2, -0.15) is 0 Å². The molecule has 0 bridgehead atoms. The zero-order valence-electron chi connectivity index (χ0n) is 14.8. The van der Waals surface area contributed by atoms with Crippen LogP contribution in [0.25, 0.3) is 0 Å². The Morgan fingerprint density at radius 3 is 2.48 bits per heavy atom. The summed E-state index contributed by atoms with van der Waals surface area (Å²) in [7, 11) is 1.60. The van der Waals surface area contributed by atoms with Crippen LogP contribution in [0.2, 0.25) is 0 Å². The number of Topliss-reactive ketones (excluding diaryl/α,β-unsaturated/α-hetero) is 1. The molecule has 2 aromatic rings. The first-order valence-electron chi connectivity index (χ1n) is 8.07. The van der Waals surface area contributed by atoms with Crippen molar-refractivity contribution in [2.24, 2.45) is 0 Å². The second-order valence-corrected chi connectivity index (χ2v) is 6.82. The molecule has 5 heteroatoms. The third kappa shape index (κ3) is 5.94. The number of thioether (sulfide) groups is 1. The van der Waals surface area contributed by atoms with Crippen molar-refractivity contribution in [3.8, 4) is 5.75 Å². The fourth-order valence-corrected chi connectivity index (χ4v) is 3.16. The summed E-state index contributed by atoms with van der Waals surface area (Å²) in [6.45, 7) is 4.11. The number of hydrogen-bond acceptors (Lipinski definition) is 4. The maximum Gasteiger partial charge on any atom is 0.230 e. The zero-order valence-corrected chi connectivity index (χ0v) is 15.6. The molecule has 0 aliphatic rings. The van der Waals surface area contributed by atoms with Crippen molar-refractivity contribution in [3.05, 3.63) is 64.7 Å². The van der Waals surface area contributed by atoms with Crippen molar-refractivity contribution in [1.29, 1.82) is 0 Å². The van der Waals surface area contributed by atoms with Gasteiger partial charge in [0.15, 0.2) is 5.78 Å². The molecule has 2 rings (SSSR count). The molecule has 1 N–H and O–H groups in total. The van der Waals surface area contributed by atoms with E-state index in [0.717, 1.165) is 16.9 Å². The molecule has 0 heterocycles. The Labute approximate surface area is 153 Å². The van der Waals surface area contributed by atoms with Gasteiger partial charge >= 0.3 is 0 Å². The second kappa shape index (κ2) is 9.28. The summed E-state index contributed by atoms with van der Waals surface area (Å²) < 4.78 is 5.33. The van der Waals surface area contributed by atoms with Crippen LogP contribution in [0, 0.1) is 6.92 Å². The van der Waals surface area contributed by atoms with E-state index in [2.05, 4.69) is 5.32 Å². The Morgan fingerprint density at radius 1 is 1.12 bits per heavy atom. The van der Waals surface area contributed by atoms with Crippen molar-refractivity contribution in [2.75, 3.05) is 12.9 Å². The summed E-state index contributed by atoms with van der Waals surface area (Å²) in [6, 6.07) is 13.5. The van der Waals surface area contributed by atoms with E-state index < -0.39 is 0 Å². The topological polar surface area (TPSA) is 55.4 Å². The molecule has 25 heavy (non-hydrogen) atoms. The number of ketones is 1. The smallest absolute Gasteiger partial charge is 0.230 e. The lowest BCUT2D eigenvalue weighted by molar-refractivity contribution is -0.118. The van der Waals surface area contributed by atoms with E-state index in [1.54, 1.807) is 19.2 Å². The number of hydrogen-bond donors (Lipinski definition) is 1. The highest BCUT2D eigenvalue weighted by Crippen LogP contribution is 2.24. The number of ether oxygens (including phenoxy) is 1. The van der Waals surface area contributed by atoms with E-state index >= 15 is 0 Å². The predicted molar refractivity (Wildman–Crippen MR) is 102 cm³/mol. The summed E-state index contributed by atoms with van der Waals surface area (Å²) in [5, 5.41) is 2.92. The summed E-state index contributed by atoms with van der Waals surface area (Å²) >= 11 is 1.50. The van der Waals surface area contributed by atoms with Crippen LogP contribution in [0.3, 0.4) is 0 Å². The number of aryl methyl sites for hydroxylation is 1.